The van der Waals surface area contributed by atoms with Crippen molar-refractivity contribution in [3.63, 3.8) is 0 Å². The third-order valence-corrected chi connectivity index (χ3v) is 4.90. The minimum absolute atomic E-state index is 0.0782. The number of para-hydroxylation sites is 1. The van der Waals surface area contributed by atoms with E-state index in [1.54, 1.807) is 24.3 Å². The SMILES string of the molecule is O=C1C(Cl)=C(Nc2nc3ccccc3s2)C(=O)c2ccccc21. The topological polar surface area (TPSA) is 59.1 Å². The molecular formula is C17H9ClN2O2S. The second-order valence-corrected chi connectivity index (χ2v) is 6.41. The van der Waals surface area contributed by atoms with E-state index < -0.39 is 0 Å². The fraction of sp³-hybridized carbons (Fsp3) is 0. The van der Waals surface area contributed by atoms with Crippen LogP contribution < -0.4 is 5.32 Å². The quantitative estimate of drug-likeness (QED) is 0.758. The van der Waals surface area contributed by atoms with Crippen LogP contribution in [0.2, 0.25) is 0 Å². The van der Waals surface area contributed by atoms with Crippen LogP contribution in [0.15, 0.2) is 59.3 Å². The van der Waals surface area contributed by atoms with E-state index in [1.807, 2.05) is 24.3 Å². The zero-order valence-corrected chi connectivity index (χ0v) is 13.2. The number of nitrogens with one attached hydrogen (secondary N) is 1. The lowest BCUT2D eigenvalue weighted by atomic mass is 9.92. The highest BCUT2D eigenvalue weighted by Crippen LogP contribution is 2.32. The summed E-state index contributed by atoms with van der Waals surface area (Å²) in [5.41, 5.74) is 1.59. The van der Waals surface area contributed by atoms with E-state index >= 15 is 0 Å². The smallest absolute Gasteiger partial charge is 0.211 e. The van der Waals surface area contributed by atoms with Gasteiger partial charge < -0.3 is 5.32 Å². The summed E-state index contributed by atoms with van der Waals surface area (Å²) in [6, 6.07) is 14.3. The van der Waals surface area contributed by atoms with Crippen molar-refractivity contribution in [2.75, 3.05) is 5.32 Å². The molecule has 0 atom stereocenters. The van der Waals surface area contributed by atoms with Crippen LogP contribution in [0.5, 0.6) is 0 Å². The molecule has 1 aliphatic carbocycles. The van der Waals surface area contributed by atoms with Crippen molar-refractivity contribution in [3.8, 4) is 0 Å². The number of benzene rings is 2. The van der Waals surface area contributed by atoms with Crippen LogP contribution in [-0.2, 0) is 0 Å². The number of thiazole rings is 1. The first kappa shape index (κ1) is 14.1. The molecule has 0 saturated heterocycles. The van der Waals surface area contributed by atoms with Gasteiger partial charge in [0.05, 0.1) is 10.2 Å². The standard InChI is InChI=1S/C17H9ClN2O2S/c18-13-14(16(22)10-6-2-1-5-9(10)15(13)21)20-17-19-11-7-3-4-8-12(11)23-17/h1-8H,(H,19,20). The van der Waals surface area contributed by atoms with Crippen molar-refractivity contribution in [3.05, 3.63) is 70.4 Å². The zero-order valence-electron chi connectivity index (χ0n) is 11.7. The number of nitrogens with zero attached hydrogens (tertiary/aromatic N) is 1. The first-order valence-corrected chi connectivity index (χ1v) is 8.05. The molecule has 4 nitrogen and oxygen atoms in total. The third-order valence-electron chi connectivity index (χ3n) is 3.59. The number of aromatic nitrogens is 1. The number of allylic oxidation sites excluding steroid dienone is 2. The van der Waals surface area contributed by atoms with E-state index in [1.165, 1.54) is 11.3 Å². The van der Waals surface area contributed by atoms with Gasteiger partial charge in [-0.15, -0.1) is 0 Å². The van der Waals surface area contributed by atoms with E-state index in [9.17, 15) is 9.59 Å². The summed E-state index contributed by atoms with van der Waals surface area (Å²) in [5, 5.41) is 3.35. The van der Waals surface area contributed by atoms with Crippen molar-refractivity contribution < 1.29 is 9.59 Å². The van der Waals surface area contributed by atoms with Crippen LogP contribution >= 0.6 is 22.9 Å². The molecule has 0 unspecified atom stereocenters. The molecular weight excluding hydrogens is 332 g/mol. The van der Waals surface area contributed by atoms with Crippen molar-refractivity contribution in [1.82, 2.24) is 4.98 Å². The number of ketones is 2. The van der Waals surface area contributed by atoms with Crippen LogP contribution in [0.4, 0.5) is 5.13 Å². The number of fused-ring (bicyclic) bond motifs is 2. The van der Waals surface area contributed by atoms with Crippen LogP contribution in [-0.4, -0.2) is 16.6 Å². The second-order valence-electron chi connectivity index (χ2n) is 5.00. The van der Waals surface area contributed by atoms with Crippen molar-refractivity contribution in [2.45, 2.75) is 0 Å². The molecule has 23 heavy (non-hydrogen) atoms. The monoisotopic (exact) mass is 340 g/mol. The fourth-order valence-electron chi connectivity index (χ4n) is 2.49. The summed E-state index contributed by atoms with van der Waals surface area (Å²) in [6.45, 7) is 0. The van der Waals surface area contributed by atoms with Crippen molar-refractivity contribution in [1.29, 1.82) is 0 Å². The molecule has 1 heterocycles. The molecule has 6 heteroatoms. The lowest BCUT2D eigenvalue weighted by molar-refractivity contribution is 0.0982. The van der Waals surface area contributed by atoms with E-state index in [0.29, 0.717) is 16.3 Å². The van der Waals surface area contributed by atoms with E-state index in [-0.39, 0.29) is 22.3 Å². The molecule has 2 aromatic carbocycles. The predicted molar refractivity (Wildman–Crippen MR) is 91.2 cm³/mol. The highest BCUT2D eigenvalue weighted by molar-refractivity contribution is 7.22. The summed E-state index contributed by atoms with van der Waals surface area (Å²) in [6.07, 6.45) is 0. The van der Waals surface area contributed by atoms with Gasteiger partial charge >= 0.3 is 0 Å². The molecule has 0 fully saturated rings. The Kier molecular flexibility index (Phi) is 3.25. The third kappa shape index (κ3) is 2.25. The van der Waals surface area contributed by atoms with Gasteiger partial charge in [0.25, 0.3) is 0 Å². The van der Waals surface area contributed by atoms with Crippen molar-refractivity contribution in [2.24, 2.45) is 0 Å². The highest BCUT2D eigenvalue weighted by Gasteiger charge is 2.31. The Morgan fingerprint density at radius 3 is 2.30 bits per heavy atom. The Hall–Kier alpha value is -2.50. The minimum Gasteiger partial charge on any atom is -0.327 e. The minimum atomic E-state index is -0.356. The number of hydrogen-bond acceptors (Lipinski definition) is 5. The molecule has 1 aliphatic rings. The van der Waals surface area contributed by atoms with Gasteiger partial charge in [0.1, 0.15) is 10.7 Å². The molecule has 4 rings (SSSR count). The second kappa shape index (κ2) is 5.30. The highest BCUT2D eigenvalue weighted by atomic mass is 35.5. The van der Waals surface area contributed by atoms with Crippen LogP contribution in [0.3, 0.4) is 0 Å². The number of rotatable bonds is 2. The van der Waals surface area contributed by atoms with Gasteiger partial charge in [0.2, 0.25) is 11.6 Å². The molecule has 0 bridgehead atoms. The molecule has 0 aliphatic heterocycles. The normalized spacial score (nSPS) is 14.3. The average Bonchev–Trinajstić information content (AvgIpc) is 2.99. The summed E-state index contributed by atoms with van der Waals surface area (Å²) >= 11 is 7.53. The van der Waals surface area contributed by atoms with E-state index in [2.05, 4.69) is 10.3 Å². The number of anilines is 1. The van der Waals surface area contributed by atoms with Gasteiger partial charge in [-0.1, -0.05) is 59.3 Å². The first-order chi connectivity index (χ1) is 11.1. The molecule has 1 N–H and O–H groups in total. The largest absolute Gasteiger partial charge is 0.327 e. The van der Waals surface area contributed by atoms with E-state index in [0.717, 1.165) is 10.2 Å². The summed E-state index contributed by atoms with van der Waals surface area (Å²) in [7, 11) is 0. The maximum absolute atomic E-state index is 12.6. The Morgan fingerprint density at radius 1 is 0.913 bits per heavy atom. The number of carbonyl (C=O) groups excluding carboxylic acids is 2. The van der Waals surface area contributed by atoms with Crippen LogP contribution in [0.1, 0.15) is 20.7 Å². The summed E-state index contributed by atoms with van der Waals surface area (Å²) in [5.74, 6) is -0.657. The molecule has 0 radical (unpaired) electrons. The Bertz CT molecular complexity index is 974. The summed E-state index contributed by atoms with van der Waals surface area (Å²) < 4.78 is 0.988. The van der Waals surface area contributed by atoms with Gasteiger partial charge in [-0.2, -0.15) is 0 Å². The molecule has 1 aromatic heterocycles. The fourth-order valence-corrected chi connectivity index (χ4v) is 3.59. The lowest BCUT2D eigenvalue weighted by Gasteiger charge is -2.17. The number of hydrogen-bond donors (Lipinski definition) is 1. The lowest BCUT2D eigenvalue weighted by Crippen LogP contribution is -2.24. The average molecular weight is 341 g/mol. The van der Waals surface area contributed by atoms with Gasteiger partial charge in [0.15, 0.2) is 5.13 Å². The first-order valence-electron chi connectivity index (χ1n) is 6.86. The Labute approximate surface area is 140 Å². The summed E-state index contributed by atoms with van der Waals surface area (Å²) in [4.78, 5) is 29.4. The number of Topliss-reactive ketones (excluding diaryl/α,β-unsaturated/α-hetero) is 2. The molecule has 0 saturated carbocycles. The van der Waals surface area contributed by atoms with Gasteiger partial charge in [-0.3, -0.25) is 9.59 Å². The van der Waals surface area contributed by atoms with Gasteiger partial charge in [-0.25, -0.2) is 4.98 Å². The molecule has 0 spiro atoms. The molecule has 112 valence electrons. The predicted octanol–water partition coefficient (Wildman–Crippen LogP) is 4.24. The maximum atomic E-state index is 12.6. The Balaban J connectivity index is 1.77. The van der Waals surface area contributed by atoms with Gasteiger partial charge in [-0.05, 0) is 12.1 Å². The number of halogens is 1. The number of carbonyl (C=O) groups is 2. The van der Waals surface area contributed by atoms with Crippen molar-refractivity contribution >= 4 is 49.9 Å². The maximum Gasteiger partial charge on any atom is 0.211 e. The van der Waals surface area contributed by atoms with Gasteiger partial charge in [0, 0.05) is 11.1 Å². The van der Waals surface area contributed by atoms with E-state index in [4.69, 9.17) is 11.6 Å². The molecule has 3 aromatic rings. The molecule has 0 amide bonds. The van der Waals surface area contributed by atoms with Crippen LogP contribution in [0, 0.1) is 0 Å². The Morgan fingerprint density at radius 2 is 1.57 bits per heavy atom. The van der Waals surface area contributed by atoms with Crippen LogP contribution in [0.25, 0.3) is 10.2 Å². The zero-order chi connectivity index (χ0) is 16.0.